The van der Waals surface area contributed by atoms with Gasteiger partial charge in [0, 0.05) is 37.6 Å². The minimum atomic E-state index is -0.0992. The molecule has 2 unspecified atom stereocenters. The number of fused-ring (bicyclic) bond motifs is 1. The summed E-state index contributed by atoms with van der Waals surface area (Å²) in [5.41, 5.74) is 0.154. The molecule has 2 N–H and O–H groups in total. The first-order valence-corrected chi connectivity index (χ1v) is 9.10. The van der Waals surface area contributed by atoms with Crippen LogP contribution in [0.3, 0.4) is 0 Å². The molecular formula is C19H29N3O3. The fourth-order valence-electron chi connectivity index (χ4n) is 3.28. The highest BCUT2D eigenvalue weighted by atomic mass is 16.6. The molecule has 0 radical (unpaired) electrons. The first-order valence-electron chi connectivity index (χ1n) is 9.10. The van der Waals surface area contributed by atoms with Crippen molar-refractivity contribution in [1.82, 2.24) is 15.5 Å². The van der Waals surface area contributed by atoms with E-state index in [1.54, 1.807) is 0 Å². The predicted octanol–water partition coefficient (Wildman–Crippen LogP) is 2.39. The maximum absolute atomic E-state index is 12.1. The monoisotopic (exact) mass is 347 g/mol. The summed E-state index contributed by atoms with van der Waals surface area (Å²) in [4.78, 5) is 14.5. The summed E-state index contributed by atoms with van der Waals surface area (Å²) < 4.78 is 11.6. The van der Waals surface area contributed by atoms with E-state index in [1.807, 2.05) is 24.3 Å². The molecule has 0 spiro atoms. The zero-order chi connectivity index (χ0) is 17.9. The lowest BCUT2D eigenvalue weighted by molar-refractivity contribution is 0.0853. The predicted molar refractivity (Wildman–Crippen MR) is 97.2 cm³/mol. The number of nitrogens with zero attached hydrogens (tertiary/aromatic N) is 1. The fourth-order valence-corrected chi connectivity index (χ4v) is 3.28. The molecule has 3 rings (SSSR count). The largest absolute Gasteiger partial charge is 0.486 e. The summed E-state index contributed by atoms with van der Waals surface area (Å²) in [6.07, 6.45) is 1.69. The molecule has 2 amide bonds. The zero-order valence-corrected chi connectivity index (χ0v) is 15.4. The summed E-state index contributed by atoms with van der Waals surface area (Å²) >= 11 is 0. The summed E-state index contributed by atoms with van der Waals surface area (Å²) in [6.45, 7) is 9.65. The standard InChI is InChI=1S/C19H29N3O3/c1-19(2,3)22-11-9-14(12-22)21-18(23)20-10-8-15-13-24-16-6-4-5-7-17(16)25-15/h4-7,14-15H,8-13H2,1-3H3,(H2,20,21,23). The Morgan fingerprint density at radius 3 is 2.76 bits per heavy atom. The molecule has 2 atom stereocenters. The molecule has 0 bridgehead atoms. The summed E-state index contributed by atoms with van der Waals surface area (Å²) in [7, 11) is 0. The molecule has 25 heavy (non-hydrogen) atoms. The first-order chi connectivity index (χ1) is 11.9. The number of amides is 2. The Balaban J connectivity index is 1.35. The molecule has 2 aliphatic heterocycles. The molecule has 0 aromatic heterocycles. The van der Waals surface area contributed by atoms with Crippen molar-refractivity contribution in [2.75, 3.05) is 26.2 Å². The number of hydrogen-bond donors (Lipinski definition) is 2. The maximum atomic E-state index is 12.1. The van der Waals surface area contributed by atoms with E-state index in [-0.39, 0.29) is 23.7 Å². The number of urea groups is 1. The van der Waals surface area contributed by atoms with Crippen LogP contribution < -0.4 is 20.1 Å². The van der Waals surface area contributed by atoms with Crippen molar-refractivity contribution in [3.63, 3.8) is 0 Å². The second kappa shape index (κ2) is 7.52. The SMILES string of the molecule is CC(C)(C)N1CCC(NC(=O)NCCC2COc3ccccc3O2)C1. The van der Waals surface area contributed by atoms with Crippen LogP contribution in [0.2, 0.25) is 0 Å². The number of ether oxygens (including phenoxy) is 2. The molecule has 6 heteroatoms. The van der Waals surface area contributed by atoms with E-state index in [1.165, 1.54) is 0 Å². The average Bonchev–Trinajstić information content (AvgIpc) is 3.03. The smallest absolute Gasteiger partial charge is 0.315 e. The van der Waals surface area contributed by atoms with Crippen molar-refractivity contribution in [3.8, 4) is 11.5 Å². The topological polar surface area (TPSA) is 62.8 Å². The van der Waals surface area contributed by atoms with Gasteiger partial charge in [-0.2, -0.15) is 0 Å². The highest BCUT2D eigenvalue weighted by Crippen LogP contribution is 2.31. The minimum Gasteiger partial charge on any atom is -0.486 e. The fraction of sp³-hybridized carbons (Fsp3) is 0.632. The molecule has 1 aromatic rings. The minimum absolute atomic E-state index is 0.0296. The highest BCUT2D eigenvalue weighted by Gasteiger charge is 2.30. The second-order valence-corrected chi connectivity index (χ2v) is 7.79. The van der Waals surface area contributed by atoms with Crippen LogP contribution in [0.1, 0.15) is 33.6 Å². The van der Waals surface area contributed by atoms with Gasteiger partial charge in [-0.25, -0.2) is 4.79 Å². The van der Waals surface area contributed by atoms with Crippen molar-refractivity contribution >= 4 is 6.03 Å². The molecule has 1 saturated heterocycles. The first kappa shape index (κ1) is 17.9. The molecule has 2 aliphatic rings. The van der Waals surface area contributed by atoms with Crippen LogP contribution in [-0.4, -0.2) is 54.9 Å². The van der Waals surface area contributed by atoms with Gasteiger partial charge in [0.05, 0.1) is 0 Å². The van der Waals surface area contributed by atoms with E-state index < -0.39 is 0 Å². The molecule has 0 saturated carbocycles. The highest BCUT2D eigenvalue weighted by molar-refractivity contribution is 5.74. The summed E-state index contributed by atoms with van der Waals surface area (Å²) in [5.74, 6) is 1.56. The Kier molecular flexibility index (Phi) is 5.37. The Hall–Kier alpha value is -1.95. The summed E-state index contributed by atoms with van der Waals surface area (Å²) in [5, 5.41) is 6.00. The third-order valence-electron chi connectivity index (χ3n) is 4.79. The van der Waals surface area contributed by atoms with E-state index in [0.717, 1.165) is 37.4 Å². The summed E-state index contributed by atoms with van der Waals surface area (Å²) in [6, 6.07) is 7.79. The van der Waals surface area contributed by atoms with E-state index in [2.05, 4.69) is 36.3 Å². The van der Waals surface area contributed by atoms with E-state index in [0.29, 0.717) is 13.2 Å². The quantitative estimate of drug-likeness (QED) is 0.878. The van der Waals surface area contributed by atoms with Gasteiger partial charge in [-0.3, -0.25) is 4.90 Å². The van der Waals surface area contributed by atoms with Gasteiger partial charge in [0.25, 0.3) is 0 Å². The van der Waals surface area contributed by atoms with Crippen LogP contribution in [0.5, 0.6) is 11.5 Å². The molecule has 1 fully saturated rings. The number of benzene rings is 1. The lowest BCUT2D eigenvalue weighted by atomic mass is 10.1. The van der Waals surface area contributed by atoms with Gasteiger partial charge in [0.2, 0.25) is 0 Å². The molecule has 138 valence electrons. The van der Waals surface area contributed by atoms with Crippen molar-refractivity contribution in [2.45, 2.75) is 51.3 Å². The molecule has 0 aliphatic carbocycles. The zero-order valence-electron chi connectivity index (χ0n) is 15.4. The lowest BCUT2D eigenvalue weighted by Crippen LogP contribution is -2.46. The van der Waals surface area contributed by atoms with Crippen LogP contribution >= 0.6 is 0 Å². The maximum Gasteiger partial charge on any atom is 0.315 e. The van der Waals surface area contributed by atoms with Gasteiger partial charge in [-0.15, -0.1) is 0 Å². The normalized spacial score (nSPS) is 23.3. The number of likely N-dealkylation sites (tertiary alicyclic amines) is 1. The van der Waals surface area contributed by atoms with Crippen LogP contribution in [-0.2, 0) is 0 Å². The molecule has 1 aromatic carbocycles. The van der Waals surface area contributed by atoms with Crippen LogP contribution in [0, 0.1) is 0 Å². The van der Waals surface area contributed by atoms with Gasteiger partial charge in [0.15, 0.2) is 11.5 Å². The molecule has 2 heterocycles. The Morgan fingerprint density at radius 1 is 1.28 bits per heavy atom. The van der Waals surface area contributed by atoms with Gasteiger partial charge < -0.3 is 20.1 Å². The van der Waals surface area contributed by atoms with Gasteiger partial charge in [-0.05, 0) is 39.3 Å². The lowest BCUT2D eigenvalue weighted by Gasteiger charge is -2.31. The molecular weight excluding hydrogens is 318 g/mol. The number of para-hydroxylation sites is 2. The van der Waals surface area contributed by atoms with Crippen molar-refractivity contribution < 1.29 is 14.3 Å². The third kappa shape index (κ3) is 4.78. The van der Waals surface area contributed by atoms with Crippen LogP contribution in [0.25, 0.3) is 0 Å². The van der Waals surface area contributed by atoms with Crippen molar-refractivity contribution in [3.05, 3.63) is 24.3 Å². The van der Waals surface area contributed by atoms with Crippen LogP contribution in [0.15, 0.2) is 24.3 Å². The van der Waals surface area contributed by atoms with Crippen molar-refractivity contribution in [2.24, 2.45) is 0 Å². The average molecular weight is 347 g/mol. The van der Waals surface area contributed by atoms with Gasteiger partial charge in [0.1, 0.15) is 12.7 Å². The van der Waals surface area contributed by atoms with Crippen LogP contribution in [0.4, 0.5) is 4.79 Å². The Labute approximate surface area is 149 Å². The number of carbonyl (C=O) groups is 1. The number of hydrogen-bond acceptors (Lipinski definition) is 4. The van der Waals surface area contributed by atoms with E-state index >= 15 is 0 Å². The van der Waals surface area contributed by atoms with Crippen molar-refractivity contribution in [1.29, 1.82) is 0 Å². The third-order valence-corrected chi connectivity index (χ3v) is 4.79. The number of rotatable bonds is 4. The second-order valence-electron chi connectivity index (χ2n) is 7.79. The molecule has 6 nitrogen and oxygen atoms in total. The van der Waals surface area contributed by atoms with E-state index in [4.69, 9.17) is 9.47 Å². The number of nitrogens with one attached hydrogen (secondary N) is 2. The Morgan fingerprint density at radius 2 is 2.04 bits per heavy atom. The van der Waals surface area contributed by atoms with E-state index in [9.17, 15) is 4.79 Å². The number of carbonyl (C=O) groups excluding carboxylic acids is 1. The van der Waals surface area contributed by atoms with Gasteiger partial charge in [-0.1, -0.05) is 12.1 Å². The van der Waals surface area contributed by atoms with Gasteiger partial charge >= 0.3 is 6.03 Å². The Bertz CT molecular complexity index is 600.